The van der Waals surface area contributed by atoms with Gasteiger partial charge in [0.15, 0.2) is 5.78 Å². The van der Waals surface area contributed by atoms with Crippen molar-refractivity contribution in [1.82, 2.24) is 0 Å². The number of anilines is 1. The van der Waals surface area contributed by atoms with Crippen LogP contribution in [-0.2, 0) is 0 Å². The van der Waals surface area contributed by atoms with Crippen molar-refractivity contribution in [3.05, 3.63) is 65.2 Å². The Bertz CT molecular complexity index is 604. The molecule has 2 nitrogen and oxygen atoms in total. The lowest BCUT2D eigenvalue weighted by Crippen LogP contribution is -2.20. The topological polar surface area (TPSA) is 20.3 Å². The number of rotatable bonds is 6. The van der Waals surface area contributed by atoms with Gasteiger partial charge in [0.25, 0.3) is 0 Å². The van der Waals surface area contributed by atoms with E-state index in [1.807, 2.05) is 30.3 Å². The molecule has 2 aromatic rings. The molecule has 110 valence electrons. The van der Waals surface area contributed by atoms with Gasteiger partial charge in [-0.3, -0.25) is 4.79 Å². The Morgan fingerprint density at radius 2 is 1.76 bits per heavy atom. The van der Waals surface area contributed by atoms with Gasteiger partial charge in [0.2, 0.25) is 0 Å². The lowest BCUT2D eigenvalue weighted by molar-refractivity contribution is 0.0981. The van der Waals surface area contributed by atoms with E-state index in [0.29, 0.717) is 6.42 Å². The Morgan fingerprint density at radius 3 is 2.43 bits per heavy atom. The van der Waals surface area contributed by atoms with E-state index in [9.17, 15) is 4.79 Å². The summed E-state index contributed by atoms with van der Waals surface area (Å²) in [5, 5.41) is 0. The molecule has 2 aromatic carbocycles. The van der Waals surface area contributed by atoms with Crippen LogP contribution in [0.2, 0.25) is 0 Å². The summed E-state index contributed by atoms with van der Waals surface area (Å²) in [6.07, 6.45) is 1.47. The van der Waals surface area contributed by atoms with E-state index < -0.39 is 0 Å². The van der Waals surface area contributed by atoms with E-state index in [4.69, 9.17) is 0 Å². The molecule has 0 aliphatic rings. The van der Waals surface area contributed by atoms with Crippen LogP contribution >= 0.6 is 0 Å². The number of benzene rings is 2. The molecular weight excluding hydrogens is 258 g/mol. The molecule has 0 spiro atoms. The fourth-order valence-electron chi connectivity index (χ4n) is 2.60. The van der Waals surface area contributed by atoms with Gasteiger partial charge >= 0.3 is 0 Å². The molecule has 0 radical (unpaired) electrons. The second kappa shape index (κ2) is 7.07. The number of ketones is 1. The van der Waals surface area contributed by atoms with Gasteiger partial charge < -0.3 is 4.90 Å². The molecule has 0 saturated heterocycles. The highest BCUT2D eigenvalue weighted by Crippen LogP contribution is 2.20. The van der Waals surface area contributed by atoms with E-state index >= 15 is 0 Å². The van der Waals surface area contributed by atoms with Crippen molar-refractivity contribution in [3.8, 4) is 0 Å². The van der Waals surface area contributed by atoms with Crippen LogP contribution in [0.25, 0.3) is 0 Å². The maximum absolute atomic E-state index is 12.1. The van der Waals surface area contributed by atoms with E-state index in [2.05, 4.69) is 44.0 Å². The van der Waals surface area contributed by atoms with Gasteiger partial charge in [-0.2, -0.15) is 0 Å². The second-order valence-electron chi connectivity index (χ2n) is 5.60. The third-order valence-electron chi connectivity index (χ3n) is 3.76. The number of aryl methyl sites for hydroxylation is 2. The van der Waals surface area contributed by atoms with Crippen molar-refractivity contribution in [2.45, 2.75) is 26.7 Å². The molecule has 0 bridgehead atoms. The summed E-state index contributed by atoms with van der Waals surface area (Å²) >= 11 is 0. The molecule has 0 fully saturated rings. The minimum absolute atomic E-state index is 0.227. The fourth-order valence-corrected chi connectivity index (χ4v) is 2.60. The fraction of sp³-hybridized carbons (Fsp3) is 0.316. The van der Waals surface area contributed by atoms with Crippen LogP contribution in [0, 0.1) is 13.8 Å². The molecule has 0 heterocycles. The maximum atomic E-state index is 12.1. The van der Waals surface area contributed by atoms with E-state index in [1.54, 1.807) is 0 Å². The minimum atomic E-state index is 0.227. The summed E-state index contributed by atoms with van der Waals surface area (Å²) in [6.45, 7) is 5.13. The quantitative estimate of drug-likeness (QED) is 0.731. The molecule has 2 rings (SSSR count). The Hall–Kier alpha value is -2.09. The van der Waals surface area contributed by atoms with Crippen LogP contribution in [-0.4, -0.2) is 19.4 Å². The van der Waals surface area contributed by atoms with Crippen molar-refractivity contribution < 1.29 is 4.79 Å². The normalized spacial score (nSPS) is 10.4. The van der Waals surface area contributed by atoms with Gasteiger partial charge in [0.1, 0.15) is 0 Å². The van der Waals surface area contributed by atoms with Gasteiger partial charge in [-0.15, -0.1) is 0 Å². The number of carbonyl (C=O) groups is 1. The monoisotopic (exact) mass is 281 g/mol. The summed E-state index contributed by atoms with van der Waals surface area (Å²) in [4.78, 5) is 14.3. The lowest BCUT2D eigenvalue weighted by atomic mass is 10.1. The Morgan fingerprint density at radius 1 is 1.05 bits per heavy atom. The van der Waals surface area contributed by atoms with Crippen LogP contribution in [0.1, 0.15) is 34.3 Å². The molecule has 21 heavy (non-hydrogen) atoms. The molecule has 0 aliphatic heterocycles. The first-order valence-corrected chi connectivity index (χ1v) is 7.44. The number of nitrogens with zero attached hydrogens (tertiary/aromatic N) is 1. The van der Waals surface area contributed by atoms with Crippen LogP contribution in [0.5, 0.6) is 0 Å². The van der Waals surface area contributed by atoms with Gasteiger partial charge in [-0.1, -0.05) is 48.0 Å². The average Bonchev–Trinajstić information content (AvgIpc) is 2.47. The molecule has 2 heteroatoms. The van der Waals surface area contributed by atoms with Crippen LogP contribution in [0.3, 0.4) is 0 Å². The van der Waals surface area contributed by atoms with Crippen molar-refractivity contribution in [2.75, 3.05) is 18.5 Å². The molecule has 0 saturated carbocycles. The Labute approximate surface area is 127 Å². The zero-order chi connectivity index (χ0) is 15.2. The summed E-state index contributed by atoms with van der Waals surface area (Å²) < 4.78 is 0. The minimum Gasteiger partial charge on any atom is -0.374 e. The first kappa shape index (κ1) is 15.3. The van der Waals surface area contributed by atoms with E-state index in [0.717, 1.165) is 18.5 Å². The molecular formula is C19H23NO. The highest BCUT2D eigenvalue weighted by molar-refractivity contribution is 5.95. The number of hydrogen-bond donors (Lipinski definition) is 0. The largest absolute Gasteiger partial charge is 0.374 e. The predicted molar refractivity (Wildman–Crippen MR) is 89.2 cm³/mol. The van der Waals surface area contributed by atoms with Crippen molar-refractivity contribution in [2.24, 2.45) is 0 Å². The number of hydrogen-bond acceptors (Lipinski definition) is 2. The first-order valence-electron chi connectivity index (χ1n) is 7.44. The molecule has 0 unspecified atom stereocenters. The van der Waals surface area contributed by atoms with Gasteiger partial charge in [0.05, 0.1) is 0 Å². The van der Waals surface area contributed by atoms with Gasteiger partial charge in [0, 0.05) is 31.3 Å². The molecule has 0 amide bonds. The van der Waals surface area contributed by atoms with Crippen molar-refractivity contribution >= 4 is 11.5 Å². The maximum Gasteiger partial charge on any atom is 0.162 e. The highest BCUT2D eigenvalue weighted by Gasteiger charge is 2.08. The zero-order valence-corrected chi connectivity index (χ0v) is 13.1. The second-order valence-corrected chi connectivity index (χ2v) is 5.60. The Balaban J connectivity index is 1.87. The van der Waals surface area contributed by atoms with Gasteiger partial charge in [-0.25, -0.2) is 0 Å². The van der Waals surface area contributed by atoms with E-state index in [-0.39, 0.29) is 5.78 Å². The van der Waals surface area contributed by atoms with Crippen molar-refractivity contribution in [3.63, 3.8) is 0 Å². The summed E-state index contributed by atoms with van der Waals surface area (Å²) in [7, 11) is 2.09. The third-order valence-corrected chi connectivity index (χ3v) is 3.76. The Kier molecular flexibility index (Phi) is 5.15. The van der Waals surface area contributed by atoms with Crippen molar-refractivity contribution in [1.29, 1.82) is 0 Å². The molecule has 0 atom stereocenters. The molecule has 0 N–H and O–H groups in total. The summed E-state index contributed by atoms with van der Waals surface area (Å²) in [6, 6.07) is 16.0. The smallest absolute Gasteiger partial charge is 0.162 e. The summed E-state index contributed by atoms with van der Waals surface area (Å²) in [5.74, 6) is 0.227. The highest BCUT2D eigenvalue weighted by atomic mass is 16.1. The standard InChI is InChI=1S/C19H23NO/c1-15-11-12-18(16(2)14-15)20(3)13-7-10-19(21)17-8-5-4-6-9-17/h4-6,8-9,11-12,14H,7,10,13H2,1-3H3. The molecule has 0 aliphatic carbocycles. The molecule has 0 aromatic heterocycles. The summed E-state index contributed by atoms with van der Waals surface area (Å²) in [5.41, 5.74) is 4.62. The first-order chi connectivity index (χ1) is 10.1. The predicted octanol–water partition coefficient (Wildman–Crippen LogP) is 4.40. The average molecular weight is 281 g/mol. The van der Waals surface area contributed by atoms with Gasteiger partial charge in [-0.05, 0) is 31.9 Å². The van der Waals surface area contributed by atoms with Crippen LogP contribution in [0.15, 0.2) is 48.5 Å². The third kappa shape index (κ3) is 4.19. The number of Topliss-reactive ketones (excluding diaryl/α,β-unsaturated/α-hetero) is 1. The van der Waals surface area contributed by atoms with Crippen LogP contribution in [0.4, 0.5) is 5.69 Å². The SMILES string of the molecule is Cc1ccc(N(C)CCCC(=O)c2ccccc2)c(C)c1. The zero-order valence-electron chi connectivity index (χ0n) is 13.1. The van der Waals surface area contributed by atoms with E-state index in [1.165, 1.54) is 16.8 Å². The van der Waals surface area contributed by atoms with Crippen LogP contribution < -0.4 is 4.90 Å². The number of carbonyl (C=O) groups excluding carboxylic acids is 1. The lowest BCUT2D eigenvalue weighted by Gasteiger charge is -2.21.